The zero-order valence-corrected chi connectivity index (χ0v) is 21.1. The second-order valence-corrected chi connectivity index (χ2v) is 9.98. The number of hydrogen-bond donors (Lipinski definition) is 0. The van der Waals surface area contributed by atoms with Gasteiger partial charge in [0.1, 0.15) is 12.4 Å². The molecule has 0 heterocycles. The van der Waals surface area contributed by atoms with Gasteiger partial charge in [0, 0.05) is 11.1 Å². The molecule has 0 saturated heterocycles. The molecule has 0 amide bonds. The maximum Gasteiger partial charge on any atom is 0.155 e. The van der Waals surface area contributed by atoms with Crippen molar-refractivity contribution in [2.24, 2.45) is 0 Å². The summed E-state index contributed by atoms with van der Waals surface area (Å²) in [7, 11) is 0.232. The second kappa shape index (κ2) is 12.6. The molecule has 0 atom stereocenters. The van der Waals surface area contributed by atoms with Gasteiger partial charge < -0.3 is 13.8 Å². The van der Waals surface area contributed by atoms with Crippen molar-refractivity contribution < 1.29 is 13.8 Å². The van der Waals surface area contributed by atoms with Crippen LogP contribution in [0, 0.1) is 6.92 Å². The van der Waals surface area contributed by atoms with Crippen LogP contribution in [0.5, 0.6) is 5.75 Å². The molecule has 0 fully saturated rings. The third kappa shape index (κ3) is 10.6. The minimum atomic E-state index is 0.0757. The fraction of sp³-hybridized carbons (Fsp3) is 0.667. The lowest BCUT2D eigenvalue weighted by Crippen LogP contribution is -2.20. The Hall–Kier alpha value is -0.890. The Labute approximate surface area is 176 Å². The van der Waals surface area contributed by atoms with Crippen molar-refractivity contribution in [1.29, 1.82) is 0 Å². The molecule has 1 aromatic rings. The molecular formula is C24H43O3P. The summed E-state index contributed by atoms with van der Waals surface area (Å²) in [6.45, 7) is 25.9. The molecule has 3 nitrogen and oxygen atoms in total. The van der Waals surface area contributed by atoms with E-state index in [1.165, 1.54) is 22.3 Å². The molecule has 4 heteroatoms. The van der Waals surface area contributed by atoms with E-state index >= 15 is 0 Å². The Balaban J connectivity index is 0.000000887. The Bertz CT molecular complexity index is 564. The fourth-order valence-electron chi connectivity index (χ4n) is 2.49. The average molecular weight is 411 g/mol. The first kappa shape index (κ1) is 27.1. The second-order valence-electron chi connectivity index (χ2n) is 9.23. The molecule has 1 rings (SSSR count). The van der Waals surface area contributed by atoms with E-state index in [9.17, 15) is 0 Å². The van der Waals surface area contributed by atoms with Gasteiger partial charge in [-0.1, -0.05) is 64.8 Å². The molecule has 0 N–H and O–H groups in total. The van der Waals surface area contributed by atoms with Crippen LogP contribution >= 0.6 is 9.03 Å². The fourth-order valence-corrected chi connectivity index (χ4v) is 2.81. The molecule has 0 aliphatic heterocycles. The molecule has 0 aliphatic rings. The maximum absolute atomic E-state index is 6.21. The number of ether oxygens (including phenoxy) is 1. The lowest BCUT2D eigenvalue weighted by atomic mass is 9.78. The SMILES string of the molecule is CC(C)=CCOc1c(C(C)(C)C)cc(C)cc1C(C)(C)C.CCOPOCC. The third-order valence-electron chi connectivity index (χ3n) is 3.98. The summed E-state index contributed by atoms with van der Waals surface area (Å²) in [6.07, 6.45) is 2.14. The maximum atomic E-state index is 6.21. The summed E-state index contributed by atoms with van der Waals surface area (Å²) in [6, 6.07) is 4.54. The molecule has 0 spiro atoms. The van der Waals surface area contributed by atoms with Gasteiger partial charge in [-0.25, -0.2) is 0 Å². The smallest absolute Gasteiger partial charge is 0.155 e. The summed E-state index contributed by atoms with van der Waals surface area (Å²) in [5.74, 6) is 1.07. The number of benzene rings is 1. The van der Waals surface area contributed by atoms with E-state index in [-0.39, 0.29) is 19.9 Å². The van der Waals surface area contributed by atoms with Crippen molar-refractivity contribution in [1.82, 2.24) is 0 Å². The van der Waals surface area contributed by atoms with Gasteiger partial charge in [0.05, 0.1) is 13.2 Å². The van der Waals surface area contributed by atoms with Gasteiger partial charge in [0.15, 0.2) is 9.03 Å². The minimum absolute atomic E-state index is 0.0757. The first-order valence-electron chi connectivity index (χ1n) is 10.2. The molecule has 0 bridgehead atoms. The predicted octanol–water partition coefficient (Wildman–Crippen LogP) is 7.50. The van der Waals surface area contributed by atoms with Gasteiger partial charge in [-0.15, -0.1) is 0 Å². The molecule has 0 aromatic heterocycles. The molecule has 0 aliphatic carbocycles. The lowest BCUT2D eigenvalue weighted by molar-refractivity contribution is 0.288. The lowest BCUT2D eigenvalue weighted by Gasteiger charge is -2.30. The van der Waals surface area contributed by atoms with Crippen molar-refractivity contribution in [2.75, 3.05) is 19.8 Å². The number of hydrogen-bond acceptors (Lipinski definition) is 3. The summed E-state index contributed by atoms with van der Waals surface area (Å²) in [5, 5.41) is 0. The van der Waals surface area contributed by atoms with E-state index in [1.807, 2.05) is 13.8 Å². The standard InChI is InChI=1S/C20H32O.C4H11O2P/c1-14(2)10-11-21-18-16(19(4,5)6)12-15(3)13-17(18)20(7,8)9;1-3-5-7-6-4-2/h10,12-13H,11H2,1-9H3;7H,3-4H2,1-2H3. The van der Waals surface area contributed by atoms with E-state index < -0.39 is 0 Å². The minimum Gasteiger partial charge on any atom is -0.489 e. The predicted molar refractivity (Wildman–Crippen MR) is 125 cm³/mol. The normalized spacial score (nSPS) is 11.5. The zero-order chi connectivity index (χ0) is 22.0. The highest BCUT2D eigenvalue weighted by Gasteiger charge is 2.27. The molecule has 0 saturated carbocycles. The summed E-state index contributed by atoms with van der Waals surface area (Å²) < 4.78 is 16.0. The van der Waals surface area contributed by atoms with Crippen LogP contribution in [0.4, 0.5) is 0 Å². The molecular weight excluding hydrogens is 367 g/mol. The summed E-state index contributed by atoms with van der Waals surface area (Å²) in [5.41, 5.74) is 5.35. The van der Waals surface area contributed by atoms with Crippen LogP contribution in [0.25, 0.3) is 0 Å². The summed E-state index contributed by atoms with van der Waals surface area (Å²) in [4.78, 5) is 0. The first-order valence-corrected chi connectivity index (χ1v) is 11.1. The Morgan fingerprint density at radius 1 is 0.893 bits per heavy atom. The van der Waals surface area contributed by atoms with E-state index in [4.69, 9.17) is 13.8 Å². The average Bonchev–Trinajstić information content (AvgIpc) is 2.54. The monoisotopic (exact) mass is 410 g/mol. The Morgan fingerprint density at radius 2 is 1.32 bits per heavy atom. The molecule has 0 radical (unpaired) electrons. The molecule has 0 unspecified atom stereocenters. The Kier molecular flexibility index (Phi) is 12.2. The molecule has 162 valence electrons. The van der Waals surface area contributed by atoms with Crippen LogP contribution < -0.4 is 4.74 Å². The van der Waals surface area contributed by atoms with Gasteiger partial charge in [0.25, 0.3) is 0 Å². The number of rotatable bonds is 7. The largest absolute Gasteiger partial charge is 0.489 e. The highest BCUT2D eigenvalue weighted by Crippen LogP contribution is 2.40. The van der Waals surface area contributed by atoms with Gasteiger partial charge in [-0.3, -0.25) is 0 Å². The van der Waals surface area contributed by atoms with Crippen molar-refractivity contribution in [3.05, 3.63) is 40.5 Å². The Morgan fingerprint density at radius 3 is 1.64 bits per heavy atom. The van der Waals surface area contributed by atoms with Crippen molar-refractivity contribution in [3.8, 4) is 5.75 Å². The zero-order valence-electron chi connectivity index (χ0n) is 20.1. The van der Waals surface area contributed by atoms with Crippen molar-refractivity contribution >= 4 is 9.03 Å². The number of allylic oxidation sites excluding steroid dienone is 1. The van der Waals surface area contributed by atoms with Gasteiger partial charge in [0.2, 0.25) is 0 Å². The summed E-state index contributed by atoms with van der Waals surface area (Å²) >= 11 is 0. The third-order valence-corrected chi connectivity index (χ3v) is 4.79. The highest BCUT2D eigenvalue weighted by molar-refractivity contribution is 7.26. The number of aryl methyl sites for hydroxylation is 1. The van der Waals surface area contributed by atoms with Crippen LogP contribution in [-0.2, 0) is 19.9 Å². The van der Waals surface area contributed by atoms with Gasteiger partial charge in [-0.2, -0.15) is 0 Å². The first-order chi connectivity index (χ1) is 12.8. The van der Waals surface area contributed by atoms with Crippen LogP contribution in [0.3, 0.4) is 0 Å². The highest BCUT2D eigenvalue weighted by atomic mass is 31.1. The van der Waals surface area contributed by atoms with E-state index in [0.717, 1.165) is 19.0 Å². The quantitative estimate of drug-likeness (QED) is 0.264. The van der Waals surface area contributed by atoms with E-state index in [1.54, 1.807) is 0 Å². The molecule has 1 aromatic carbocycles. The van der Waals surface area contributed by atoms with Gasteiger partial charge >= 0.3 is 0 Å². The topological polar surface area (TPSA) is 27.7 Å². The van der Waals surface area contributed by atoms with Crippen molar-refractivity contribution in [3.63, 3.8) is 0 Å². The van der Waals surface area contributed by atoms with Crippen molar-refractivity contribution in [2.45, 2.75) is 87.0 Å². The van der Waals surface area contributed by atoms with E-state index in [2.05, 4.69) is 80.5 Å². The van der Waals surface area contributed by atoms with Gasteiger partial charge in [-0.05, 0) is 51.5 Å². The molecule has 28 heavy (non-hydrogen) atoms. The van der Waals surface area contributed by atoms with Crippen LogP contribution in [0.15, 0.2) is 23.8 Å². The van der Waals surface area contributed by atoms with E-state index in [0.29, 0.717) is 6.61 Å². The van der Waals surface area contributed by atoms with Crippen LogP contribution in [-0.4, -0.2) is 19.8 Å². The van der Waals surface area contributed by atoms with Crippen LogP contribution in [0.1, 0.15) is 85.9 Å². The van der Waals surface area contributed by atoms with Crippen LogP contribution in [0.2, 0.25) is 0 Å².